The highest BCUT2D eigenvalue weighted by Gasteiger charge is 2.50. The lowest BCUT2D eigenvalue weighted by atomic mass is 9.56. The maximum Gasteiger partial charge on any atom is 0.159 e. The molecule has 4 aliphatic carbocycles. The SMILES string of the molecule is C/C=C1\C(=O)CC2C1CCC1C3CCC(=O)C=C3CCC12. The minimum Gasteiger partial charge on any atom is -0.295 e. The Balaban J connectivity index is 1.62. The average Bonchev–Trinajstić information content (AvgIpc) is 2.81. The molecule has 0 N–H and O–H groups in total. The summed E-state index contributed by atoms with van der Waals surface area (Å²) in [4.78, 5) is 23.9. The van der Waals surface area contributed by atoms with E-state index < -0.39 is 0 Å². The lowest BCUT2D eigenvalue weighted by Crippen LogP contribution is -2.41. The molecule has 0 spiro atoms. The molecule has 0 aromatic heterocycles. The summed E-state index contributed by atoms with van der Waals surface area (Å²) in [6.07, 6.45) is 11.4. The van der Waals surface area contributed by atoms with Gasteiger partial charge in [0.25, 0.3) is 0 Å². The van der Waals surface area contributed by atoms with Crippen LogP contribution in [-0.4, -0.2) is 11.6 Å². The molecule has 4 rings (SSSR count). The third-order valence-electron chi connectivity index (χ3n) is 6.69. The highest BCUT2D eigenvalue weighted by molar-refractivity contribution is 5.98. The van der Waals surface area contributed by atoms with Crippen molar-refractivity contribution in [3.05, 3.63) is 23.3 Å². The Morgan fingerprint density at radius 1 is 0.952 bits per heavy atom. The summed E-state index contributed by atoms with van der Waals surface area (Å²) in [6, 6.07) is 0. The average molecular weight is 284 g/mol. The Kier molecular flexibility index (Phi) is 3.16. The fourth-order valence-electron chi connectivity index (χ4n) is 5.89. The number of hydrogen-bond donors (Lipinski definition) is 0. The van der Waals surface area contributed by atoms with Crippen LogP contribution in [0.15, 0.2) is 23.3 Å². The van der Waals surface area contributed by atoms with Crippen molar-refractivity contribution in [3.63, 3.8) is 0 Å². The maximum absolute atomic E-state index is 12.2. The molecule has 21 heavy (non-hydrogen) atoms. The van der Waals surface area contributed by atoms with Gasteiger partial charge in [0, 0.05) is 12.8 Å². The molecule has 5 atom stereocenters. The Bertz CT molecular complexity index is 554. The first-order chi connectivity index (χ1) is 10.2. The molecule has 5 unspecified atom stereocenters. The van der Waals surface area contributed by atoms with Crippen molar-refractivity contribution >= 4 is 11.6 Å². The molecular formula is C19H24O2. The van der Waals surface area contributed by atoms with Gasteiger partial charge in [-0.3, -0.25) is 9.59 Å². The van der Waals surface area contributed by atoms with Crippen molar-refractivity contribution in [2.24, 2.45) is 29.6 Å². The van der Waals surface area contributed by atoms with Gasteiger partial charge in [-0.1, -0.05) is 11.6 Å². The van der Waals surface area contributed by atoms with E-state index in [1.54, 1.807) is 0 Å². The zero-order valence-corrected chi connectivity index (χ0v) is 12.8. The molecule has 4 aliphatic rings. The quantitative estimate of drug-likeness (QED) is 0.633. The molecule has 2 heteroatoms. The van der Waals surface area contributed by atoms with Crippen molar-refractivity contribution in [2.45, 2.75) is 51.9 Å². The highest BCUT2D eigenvalue weighted by Crippen LogP contribution is 2.57. The Labute approximate surface area is 126 Å². The molecule has 0 radical (unpaired) electrons. The van der Waals surface area contributed by atoms with Gasteiger partial charge < -0.3 is 0 Å². The van der Waals surface area contributed by atoms with Gasteiger partial charge in [-0.2, -0.15) is 0 Å². The van der Waals surface area contributed by atoms with Crippen molar-refractivity contribution in [2.75, 3.05) is 0 Å². The third kappa shape index (κ3) is 1.98. The Hall–Kier alpha value is -1.18. The van der Waals surface area contributed by atoms with Gasteiger partial charge in [0.05, 0.1) is 0 Å². The van der Waals surface area contributed by atoms with E-state index in [-0.39, 0.29) is 0 Å². The van der Waals surface area contributed by atoms with Gasteiger partial charge in [-0.25, -0.2) is 0 Å². The van der Waals surface area contributed by atoms with E-state index in [1.807, 2.05) is 13.0 Å². The molecule has 112 valence electrons. The predicted octanol–water partition coefficient (Wildman–Crippen LogP) is 3.86. The van der Waals surface area contributed by atoms with Gasteiger partial charge >= 0.3 is 0 Å². The number of rotatable bonds is 0. The summed E-state index contributed by atoms with van der Waals surface area (Å²) in [5.74, 6) is 3.99. The van der Waals surface area contributed by atoms with Gasteiger partial charge in [0.1, 0.15) is 0 Å². The van der Waals surface area contributed by atoms with E-state index in [0.29, 0.717) is 29.3 Å². The van der Waals surface area contributed by atoms with E-state index in [0.717, 1.165) is 43.1 Å². The molecular weight excluding hydrogens is 260 g/mol. The van der Waals surface area contributed by atoms with Crippen LogP contribution < -0.4 is 0 Å². The van der Waals surface area contributed by atoms with Gasteiger partial charge in [0.15, 0.2) is 11.6 Å². The minimum absolute atomic E-state index is 0.334. The summed E-state index contributed by atoms with van der Waals surface area (Å²) in [6.45, 7) is 2.02. The van der Waals surface area contributed by atoms with Crippen molar-refractivity contribution in [1.29, 1.82) is 0 Å². The number of ketones is 2. The fourth-order valence-corrected chi connectivity index (χ4v) is 5.89. The molecule has 0 bridgehead atoms. The van der Waals surface area contributed by atoms with Crippen LogP contribution in [0, 0.1) is 29.6 Å². The second-order valence-electron chi connectivity index (χ2n) is 7.42. The van der Waals surface area contributed by atoms with E-state index in [1.165, 1.54) is 24.8 Å². The summed E-state index contributed by atoms with van der Waals surface area (Å²) in [5, 5.41) is 0. The molecule has 0 heterocycles. The van der Waals surface area contributed by atoms with Crippen LogP contribution in [-0.2, 0) is 9.59 Å². The van der Waals surface area contributed by atoms with Crippen LogP contribution in [0.1, 0.15) is 51.9 Å². The molecule has 3 fully saturated rings. The topological polar surface area (TPSA) is 34.1 Å². The summed E-state index contributed by atoms with van der Waals surface area (Å²) in [7, 11) is 0. The van der Waals surface area contributed by atoms with Crippen LogP contribution in [0.25, 0.3) is 0 Å². The molecule has 0 aromatic carbocycles. The highest BCUT2D eigenvalue weighted by atomic mass is 16.1. The molecule has 0 saturated heterocycles. The van der Waals surface area contributed by atoms with Crippen LogP contribution in [0.4, 0.5) is 0 Å². The Morgan fingerprint density at radius 3 is 2.62 bits per heavy atom. The normalized spacial score (nSPS) is 44.1. The van der Waals surface area contributed by atoms with Crippen molar-refractivity contribution in [1.82, 2.24) is 0 Å². The summed E-state index contributed by atoms with van der Waals surface area (Å²) >= 11 is 0. The van der Waals surface area contributed by atoms with Crippen LogP contribution in [0.5, 0.6) is 0 Å². The first-order valence-electron chi connectivity index (χ1n) is 8.61. The molecule has 0 aliphatic heterocycles. The molecule has 0 aromatic rings. The summed E-state index contributed by atoms with van der Waals surface area (Å²) < 4.78 is 0. The standard InChI is InChI=1S/C19H24O2/c1-2-13-15-7-8-16-14-6-4-12(20)9-11(14)3-5-17(16)18(15)10-19(13)21/h2,9,14-18H,3-8,10H2,1H3/b13-2-. The largest absolute Gasteiger partial charge is 0.295 e. The summed E-state index contributed by atoms with van der Waals surface area (Å²) in [5.41, 5.74) is 2.56. The second-order valence-corrected chi connectivity index (χ2v) is 7.42. The lowest BCUT2D eigenvalue weighted by molar-refractivity contribution is -0.116. The minimum atomic E-state index is 0.334. The number of carbonyl (C=O) groups excluding carboxylic acids is 2. The number of allylic oxidation sites excluding steroid dienone is 3. The molecule has 2 nitrogen and oxygen atoms in total. The van der Waals surface area contributed by atoms with E-state index >= 15 is 0 Å². The van der Waals surface area contributed by atoms with Gasteiger partial charge in [-0.05, 0) is 80.3 Å². The van der Waals surface area contributed by atoms with Crippen LogP contribution in [0.3, 0.4) is 0 Å². The number of Topliss-reactive ketones (excluding diaryl/α,β-unsaturated/α-hetero) is 1. The molecule has 3 saturated carbocycles. The van der Waals surface area contributed by atoms with E-state index in [4.69, 9.17) is 0 Å². The monoisotopic (exact) mass is 284 g/mol. The van der Waals surface area contributed by atoms with E-state index in [2.05, 4.69) is 6.08 Å². The van der Waals surface area contributed by atoms with Gasteiger partial charge in [-0.15, -0.1) is 0 Å². The van der Waals surface area contributed by atoms with E-state index in [9.17, 15) is 9.59 Å². The smallest absolute Gasteiger partial charge is 0.159 e. The zero-order chi connectivity index (χ0) is 14.6. The maximum atomic E-state index is 12.2. The number of fused-ring (bicyclic) bond motifs is 5. The predicted molar refractivity (Wildman–Crippen MR) is 81.6 cm³/mol. The van der Waals surface area contributed by atoms with Crippen molar-refractivity contribution < 1.29 is 9.59 Å². The van der Waals surface area contributed by atoms with Crippen LogP contribution >= 0.6 is 0 Å². The first-order valence-corrected chi connectivity index (χ1v) is 8.61. The number of hydrogen-bond acceptors (Lipinski definition) is 2. The number of carbonyl (C=O) groups is 2. The fraction of sp³-hybridized carbons (Fsp3) is 0.684. The zero-order valence-electron chi connectivity index (χ0n) is 12.8. The van der Waals surface area contributed by atoms with Crippen molar-refractivity contribution in [3.8, 4) is 0 Å². The lowest BCUT2D eigenvalue weighted by Gasteiger charge is -2.48. The Morgan fingerprint density at radius 2 is 1.81 bits per heavy atom. The first kappa shape index (κ1) is 13.5. The van der Waals surface area contributed by atoms with Gasteiger partial charge in [0.2, 0.25) is 0 Å². The third-order valence-corrected chi connectivity index (χ3v) is 6.69. The van der Waals surface area contributed by atoms with Crippen LogP contribution in [0.2, 0.25) is 0 Å². The molecule has 0 amide bonds. The second kappa shape index (κ2) is 4.93.